The molecule has 0 aliphatic rings. The van der Waals surface area contributed by atoms with Gasteiger partial charge in [0, 0.05) is 0 Å². The molecule has 0 amide bonds. The summed E-state index contributed by atoms with van der Waals surface area (Å²) in [6.45, 7) is 6.45. The van der Waals surface area contributed by atoms with Gasteiger partial charge < -0.3 is 14.6 Å². The van der Waals surface area contributed by atoms with Crippen molar-refractivity contribution in [1.29, 1.82) is 0 Å². The summed E-state index contributed by atoms with van der Waals surface area (Å²) in [4.78, 5) is 10.7. The fourth-order valence-electron chi connectivity index (χ4n) is 2.16. The van der Waals surface area contributed by atoms with Crippen LogP contribution in [0.4, 0.5) is 0 Å². The van der Waals surface area contributed by atoms with Gasteiger partial charge >= 0.3 is 5.97 Å². The Balaban J connectivity index is 1.95. The first kappa shape index (κ1) is 16.6. The number of carbonyl (C=O) groups is 1. The molecule has 2 rings (SSSR count). The molecule has 23 heavy (non-hydrogen) atoms. The number of aliphatic carboxylic acids is 1. The van der Waals surface area contributed by atoms with Crippen molar-refractivity contribution >= 4 is 5.97 Å². The van der Waals surface area contributed by atoms with Crippen molar-refractivity contribution in [2.45, 2.75) is 20.0 Å². The molecule has 1 N–H and O–H groups in total. The number of benzene rings is 2. The lowest BCUT2D eigenvalue weighted by atomic mass is 10.1. The second-order valence-electron chi connectivity index (χ2n) is 5.20. The highest BCUT2D eigenvalue weighted by Gasteiger charge is 2.05. The second-order valence-corrected chi connectivity index (χ2v) is 5.20. The van der Waals surface area contributed by atoms with Crippen LogP contribution < -0.4 is 9.47 Å². The van der Waals surface area contributed by atoms with E-state index in [1.54, 1.807) is 12.1 Å². The van der Waals surface area contributed by atoms with Crippen molar-refractivity contribution in [2.75, 3.05) is 6.61 Å². The minimum Gasteiger partial charge on any atom is -0.490 e. The van der Waals surface area contributed by atoms with E-state index in [-0.39, 0.29) is 6.42 Å². The quantitative estimate of drug-likeness (QED) is 0.754. The van der Waals surface area contributed by atoms with Gasteiger partial charge in [-0.25, -0.2) is 0 Å². The standard InChI is InChI=1S/C19H20O4/c1-3-10-22-17-7-4-15(5-8-17)13-23-18-9-6-16(11-14(18)2)12-19(20)21/h3-9,11H,1,10,12-13H2,2H3,(H,20,21). The summed E-state index contributed by atoms with van der Waals surface area (Å²) in [6.07, 6.45) is 1.72. The van der Waals surface area contributed by atoms with Gasteiger partial charge in [0.2, 0.25) is 0 Å². The van der Waals surface area contributed by atoms with Crippen molar-refractivity contribution in [3.05, 3.63) is 71.8 Å². The first-order valence-corrected chi connectivity index (χ1v) is 7.35. The normalized spacial score (nSPS) is 10.1. The van der Waals surface area contributed by atoms with Crippen LogP contribution in [0, 0.1) is 6.92 Å². The number of aryl methyl sites for hydroxylation is 1. The molecule has 2 aromatic rings. The molecule has 0 radical (unpaired) electrons. The Kier molecular flexibility index (Phi) is 5.80. The number of ether oxygens (including phenoxy) is 2. The van der Waals surface area contributed by atoms with Crippen LogP contribution in [0.1, 0.15) is 16.7 Å². The fourth-order valence-corrected chi connectivity index (χ4v) is 2.16. The molecule has 0 spiro atoms. The number of carboxylic acids is 1. The molecule has 0 fully saturated rings. The molecule has 0 unspecified atom stereocenters. The summed E-state index contributed by atoms with van der Waals surface area (Å²) < 4.78 is 11.2. The molecule has 0 aliphatic carbocycles. The number of rotatable bonds is 8. The topological polar surface area (TPSA) is 55.8 Å². The third kappa shape index (κ3) is 5.18. The molecule has 2 aromatic carbocycles. The molecule has 0 saturated heterocycles. The van der Waals surface area contributed by atoms with E-state index in [9.17, 15) is 4.79 Å². The molecule has 0 atom stereocenters. The summed E-state index contributed by atoms with van der Waals surface area (Å²) in [5.41, 5.74) is 2.73. The van der Waals surface area contributed by atoms with Crippen LogP contribution in [0.3, 0.4) is 0 Å². The zero-order chi connectivity index (χ0) is 16.7. The molecule has 0 bridgehead atoms. The smallest absolute Gasteiger partial charge is 0.307 e. The molecule has 0 heterocycles. The van der Waals surface area contributed by atoms with Crippen LogP contribution in [0.15, 0.2) is 55.1 Å². The third-order valence-electron chi connectivity index (χ3n) is 3.28. The summed E-state index contributed by atoms with van der Waals surface area (Å²) >= 11 is 0. The van der Waals surface area contributed by atoms with Crippen molar-refractivity contribution in [3.8, 4) is 11.5 Å². The molecular formula is C19H20O4. The van der Waals surface area contributed by atoms with Gasteiger partial charge in [0.25, 0.3) is 0 Å². The Bertz CT molecular complexity index is 674. The Morgan fingerprint density at radius 2 is 1.83 bits per heavy atom. The minimum absolute atomic E-state index is 0.0211. The highest BCUT2D eigenvalue weighted by Crippen LogP contribution is 2.21. The van der Waals surface area contributed by atoms with Gasteiger partial charge in [-0.05, 0) is 41.8 Å². The van der Waals surface area contributed by atoms with E-state index in [1.165, 1.54) is 0 Å². The van der Waals surface area contributed by atoms with Gasteiger partial charge in [-0.15, -0.1) is 0 Å². The van der Waals surface area contributed by atoms with Gasteiger partial charge in [-0.3, -0.25) is 4.79 Å². The maximum atomic E-state index is 10.7. The Hall–Kier alpha value is -2.75. The molecular weight excluding hydrogens is 292 g/mol. The lowest BCUT2D eigenvalue weighted by Gasteiger charge is -2.11. The van der Waals surface area contributed by atoms with Gasteiger partial charge in [-0.2, -0.15) is 0 Å². The first-order chi connectivity index (χ1) is 11.1. The highest BCUT2D eigenvalue weighted by atomic mass is 16.5. The zero-order valence-corrected chi connectivity index (χ0v) is 13.1. The highest BCUT2D eigenvalue weighted by molar-refractivity contribution is 5.70. The van der Waals surface area contributed by atoms with Crippen molar-refractivity contribution < 1.29 is 19.4 Å². The SMILES string of the molecule is C=CCOc1ccc(COc2ccc(CC(=O)O)cc2C)cc1. The van der Waals surface area contributed by atoms with E-state index in [4.69, 9.17) is 14.6 Å². The number of hydrogen-bond acceptors (Lipinski definition) is 3. The molecule has 4 nitrogen and oxygen atoms in total. The van der Waals surface area contributed by atoms with Crippen LogP contribution in [0.5, 0.6) is 11.5 Å². The van der Waals surface area contributed by atoms with E-state index in [0.717, 1.165) is 28.2 Å². The van der Waals surface area contributed by atoms with Gasteiger partial charge in [0.05, 0.1) is 6.42 Å². The molecule has 120 valence electrons. The van der Waals surface area contributed by atoms with Crippen LogP contribution >= 0.6 is 0 Å². The monoisotopic (exact) mass is 312 g/mol. The van der Waals surface area contributed by atoms with E-state index in [2.05, 4.69) is 6.58 Å². The predicted octanol–water partition coefficient (Wildman–Crippen LogP) is 3.77. The summed E-state index contributed by atoms with van der Waals surface area (Å²) in [7, 11) is 0. The van der Waals surface area contributed by atoms with E-state index < -0.39 is 5.97 Å². The second kappa shape index (κ2) is 8.03. The Morgan fingerprint density at radius 1 is 1.13 bits per heavy atom. The fraction of sp³-hybridized carbons (Fsp3) is 0.211. The summed E-state index contributed by atoms with van der Waals surface area (Å²) in [6, 6.07) is 13.1. The van der Waals surface area contributed by atoms with Crippen LogP contribution in [-0.4, -0.2) is 17.7 Å². The molecule has 4 heteroatoms. The van der Waals surface area contributed by atoms with Crippen LogP contribution in [0.2, 0.25) is 0 Å². The third-order valence-corrected chi connectivity index (χ3v) is 3.28. The van der Waals surface area contributed by atoms with E-state index in [0.29, 0.717) is 13.2 Å². The van der Waals surface area contributed by atoms with Crippen LogP contribution in [0.25, 0.3) is 0 Å². The van der Waals surface area contributed by atoms with Crippen molar-refractivity contribution in [1.82, 2.24) is 0 Å². The number of hydrogen-bond donors (Lipinski definition) is 1. The van der Waals surface area contributed by atoms with E-state index in [1.807, 2.05) is 43.3 Å². The average molecular weight is 312 g/mol. The van der Waals surface area contributed by atoms with Gasteiger partial charge in [0.1, 0.15) is 24.7 Å². The zero-order valence-electron chi connectivity index (χ0n) is 13.1. The average Bonchev–Trinajstić information content (AvgIpc) is 2.52. The van der Waals surface area contributed by atoms with Gasteiger partial charge in [0.15, 0.2) is 0 Å². The lowest BCUT2D eigenvalue weighted by molar-refractivity contribution is -0.136. The predicted molar refractivity (Wildman–Crippen MR) is 89.0 cm³/mol. The first-order valence-electron chi connectivity index (χ1n) is 7.35. The maximum Gasteiger partial charge on any atom is 0.307 e. The molecule has 0 saturated carbocycles. The number of carboxylic acid groups (broad SMARTS) is 1. The molecule has 0 aromatic heterocycles. The summed E-state index contributed by atoms with van der Waals surface area (Å²) in [5, 5.41) is 8.81. The van der Waals surface area contributed by atoms with E-state index >= 15 is 0 Å². The molecule has 0 aliphatic heterocycles. The maximum absolute atomic E-state index is 10.7. The Morgan fingerprint density at radius 3 is 2.43 bits per heavy atom. The van der Waals surface area contributed by atoms with Gasteiger partial charge in [-0.1, -0.05) is 36.9 Å². The summed E-state index contributed by atoms with van der Waals surface area (Å²) in [5.74, 6) is 0.714. The van der Waals surface area contributed by atoms with Crippen molar-refractivity contribution in [2.24, 2.45) is 0 Å². The van der Waals surface area contributed by atoms with Crippen molar-refractivity contribution in [3.63, 3.8) is 0 Å². The minimum atomic E-state index is -0.836. The van der Waals surface area contributed by atoms with Crippen LogP contribution in [-0.2, 0) is 17.8 Å². The largest absolute Gasteiger partial charge is 0.490 e. The Labute approximate surface area is 136 Å². The lowest BCUT2D eigenvalue weighted by Crippen LogP contribution is -2.02.